The van der Waals surface area contributed by atoms with Crippen molar-refractivity contribution in [1.82, 2.24) is 14.8 Å². The molecule has 0 bridgehead atoms. The molecule has 2 aromatic carbocycles. The van der Waals surface area contributed by atoms with Gasteiger partial charge in [0.25, 0.3) is 0 Å². The van der Waals surface area contributed by atoms with Crippen molar-refractivity contribution in [2.45, 2.75) is 17.3 Å². The van der Waals surface area contributed by atoms with Crippen LogP contribution >= 0.6 is 27.7 Å². The fourth-order valence-corrected chi connectivity index (χ4v) is 3.54. The van der Waals surface area contributed by atoms with E-state index in [1.54, 1.807) is 13.4 Å². The molecule has 7 heteroatoms. The molecule has 0 fully saturated rings. The minimum absolute atomic E-state index is 0.0482. The van der Waals surface area contributed by atoms with Gasteiger partial charge in [-0.2, -0.15) is 0 Å². The fourth-order valence-electron chi connectivity index (χ4n) is 2.36. The Kier molecular flexibility index (Phi) is 5.55. The second-order valence-electron chi connectivity index (χ2n) is 5.29. The third kappa shape index (κ3) is 3.93. The zero-order valence-electron chi connectivity index (χ0n) is 13.7. The molecule has 25 heavy (non-hydrogen) atoms. The first-order chi connectivity index (χ1) is 12.1. The minimum atomic E-state index is -0.293. The lowest BCUT2D eigenvalue weighted by atomic mass is 10.1. The number of hydrogen-bond acceptors (Lipinski definition) is 5. The number of nitrogens with zero attached hydrogens (tertiary/aromatic N) is 3. The topological polar surface area (TPSA) is 57.0 Å². The van der Waals surface area contributed by atoms with E-state index in [9.17, 15) is 4.79 Å². The number of aromatic nitrogens is 3. The Labute approximate surface area is 158 Å². The molecule has 128 valence electrons. The summed E-state index contributed by atoms with van der Waals surface area (Å²) in [6.07, 6.45) is 1.62. The summed E-state index contributed by atoms with van der Waals surface area (Å²) in [5, 5.41) is 8.50. The number of carbonyl (C=O) groups excluding carboxylic acids is 1. The van der Waals surface area contributed by atoms with Crippen LogP contribution in [0.4, 0.5) is 0 Å². The molecule has 1 unspecified atom stereocenters. The Hall–Kier alpha value is -2.12. The Balaban J connectivity index is 1.83. The van der Waals surface area contributed by atoms with Crippen LogP contribution < -0.4 is 4.74 Å². The number of Topliss-reactive ketones (excluding diaryl/α,β-unsaturated/α-hetero) is 1. The van der Waals surface area contributed by atoms with Gasteiger partial charge >= 0.3 is 0 Å². The monoisotopic (exact) mass is 417 g/mol. The van der Waals surface area contributed by atoms with Crippen molar-refractivity contribution in [1.29, 1.82) is 0 Å². The highest BCUT2D eigenvalue weighted by Gasteiger charge is 2.20. The van der Waals surface area contributed by atoms with Crippen LogP contribution in [0.3, 0.4) is 0 Å². The molecule has 0 saturated heterocycles. The van der Waals surface area contributed by atoms with Gasteiger partial charge in [0.1, 0.15) is 12.1 Å². The van der Waals surface area contributed by atoms with E-state index >= 15 is 0 Å². The van der Waals surface area contributed by atoms with Gasteiger partial charge in [0.15, 0.2) is 10.9 Å². The molecule has 1 atom stereocenters. The summed E-state index contributed by atoms with van der Waals surface area (Å²) in [5.74, 6) is 0.767. The zero-order chi connectivity index (χ0) is 17.8. The van der Waals surface area contributed by atoms with Crippen LogP contribution in [-0.4, -0.2) is 32.9 Å². The quantitative estimate of drug-likeness (QED) is 0.439. The third-order valence-electron chi connectivity index (χ3n) is 3.64. The van der Waals surface area contributed by atoms with E-state index in [0.29, 0.717) is 10.7 Å². The van der Waals surface area contributed by atoms with Gasteiger partial charge in [0.2, 0.25) is 0 Å². The van der Waals surface area contributed by atoms with Crippen LogP contribution in [0.1, 0.15) is 17.3 Å². The SMILES string of the molecule is COc1ccccc1-n1cnnc1SC(C)C(=O)c1ccc(Br)cc1. The van der Waals surface area contributed by atoms with E-state index in [-0.39, 0.29) is 11.0 Å². The lowest BCUT2D eigenvalue weighted by molar-refractivity contribution is 0.0994. The van der Waals surface area contributed by atoms with Crippen molar-refractivity contribution in [3.8, 4) is 11.4 Å². The van der Waals surface area contributed by atoms with Gasteiger partial charge in [0.05, 0.1) is 18.0 Å². The smallest absolute Gasteiger partial charge is 0.196 e. The number of methoxy groups -OCH3 is 1. The Morgan fingerprint density at radius 1 is 1.20 bits per heavy atom. The Morgan fingerprint density at radius 3 is 2.64 bits per heavy atom. The maximum Gasteiger partial charge on any atom is 0.196 e. The summed E-state index contributed by atoms with van der Waals surface area (Å²) in [7, 11) is 1.62. The van der Waals surface area contributed by atoms with E-state index in [4.69, 9.17) is 4.74 Å². The van der Waals surface area contributed by atoms with Gasteiger partial charge in [-0.25, -0.2) is 0 Å². The average Bonchev–Trinajstić information content (AvgIpc) is 3.09. The molecule has 1 aromatic heterocycles. The number of para-hydroxylation sites is 2. The van der Waals surface area contributed by atoms with Crippen molar-refractivity contribution in [3.05, 3.63) is 64.9 Å². The summed E-state index contributed by atoms with van der Waals surface area (Å²) >= 11 is 4.75. The van der Waals surface area contributed by atoms with E-state index in [1.807, 2.05) is 60.0 Å². The molecule has 3 rings (SSSR count). The first kappa shape index (κ1) is 17.7. The lowest BCUT2D eigenvalue weighted by Crippen LogP contribution is -2.14. The molecule has 5 nitrogen and oxygen atoms in total. The molecule has 3 aromatic rings. The standard InChI is InChI=1S/C18H16BrN3O2S/c1-12(17(23)13-7-9-14(19)10-8-13)25-18-21-20-11-22(18)15-5-3-4-6-16(15)24-2/h3-12H,1-2H3. The highest BCUT2D eigenvalue weighted by molar-refractivity contribution is 9.10. The molecule has 0 radical (unpaired) electrons. The van der Waals surface area contributed by atoms with Gasteiger partial charge in [-0.3, -0.25) is 9.36 Å². The van der Waals surface area contributed by atoms with Crippen molar-refractivity contribution in [2.24, 2.45) is 0 Å². The Morgan fingerprint density at radius 2 is 1.92 bits per heavy atom. The van der Waals surface area contributed by atoms with Crippen LogP contribution in [-0.2, 0) is 0 Å². The van der Waals surface area contributed by atoms with Crippen molar-refractivity contribution >= 4 is 33.5 Å². The van der Waals surface area contributed by atoms with Crippen LogP contribution in [0.2, 0.25) is 0 Å². The highest BCUT2D eigenvalue weighted by Crippen LogP contribution is 2.29. The van der Waals surface area contributed by atoms with Crippen molar-refractivity contribution in [3.63, 3.8) is 0 Å². The van der Waals surface area contributed by atoms with Gasteiger partial charge in [-0.1, -0.05) is 52.0 Å². The Bertz CT molecular complexity index is 880. The lowest BCUT2D eigenvalue weighted by Gasteiger charge is -2.13. The number of benzene rings is 2. The van der Waals surface area contributed by atoms with E-state index in [1.165, 1.54) is 11.8 Å². The van der Waals surface area contributed by atoms with Crippen LogP contribution in [0, 0.1) is 0 Å². The molecule has 0 aliphatic rings. The van der Waals surface area contributed by atoms with E-state index in [2.05, 4.69) is 26.1 Å². The van der Waals surface area contributed by atoms with Crippen LogP contribution in [0.5, 0.6) is 5.75 Å². The predicted molar refractivity (Wildman–Crippen MR) is 102 cm³/mol. The summed E-state index contributed by atoms with van der Waals surface area (Å²) in [6.45, 7) is 1.87. The second-order valence-corrected chi connectivity index (χ2v) is 7.51. The number of rotatable bonds is 6. The average molecular weight is 418 g/mol. The maximum absolute atomic E-state index is 12.6. The number of ketones is 1. The van der Waals surface area contributed by atoms with Crippen molar-refractivity contribution < 1.29 is 9.53 Å². The summed E-state index contributed by atoms with van der Waals surface area (Å²) < 4.78 is 8.17. The van der Waals surface area contributed by atoms with Crippen LogP contribution in [0.25, 0.3) is 5.69 Å². The summed E-state index contributed by atoms with van der Waals surface area (Å²) in [6, 6.07) is 15.0. The number of thioether (sulfide) groups is 1. The van der Waals surface area contributed by atoms with E-state index in [0.717, 1.165) is 15.9 Å². The molecular weight excluding hydrogens is 402 g/mol. The molecule has 0 amide bonds. The first-order valence-corrected chi connectivity index (χ1v) is 9.27. The van der Waals surface area contributed by atoms with E-state index < -0.39 is 0 Å². The normalized spacial score (nSPS) is 12.0. The van der Waals surface area contributed by atoms with Gasteiger partial charge in [-0.15, -0.1) is 10.2 Å². The molecule has 0 aliphatic carbocycles. The van der Waals surface area contributed by atoms with Gasteiger partial charge in [-0.05, 0) is 31.2 Å². The summed E-state index contributed by atoms with van der Waals surface area (Å²) in [4.78, 5) is 12.6. The van der Waals surface area contributed by atoms with Crippen LogP contribution in [0.15, 0.2) is 64.5 Å². The molecule has 0 saturated carbocycles. The maximum atomic E-state index is 12.6. The molecule has 0 spiro atoms. The molecule has 1 heterocycles. The summed E-state index contributed by atoms with van der Waals surface area (Å²) in [5.41, 5.74) is 1.51. The zero-order valence-corrected chi connectivity index (χ0v) is 16.1. The predicted octanol–water partition coefficient (Wildman–Crippen LogP) is 4.40. The number of hydrogen-bond donors (Lipinski definition) is 0. The number of halogens is 1. The molecule has 0 N–H and O–H groups in total. The van der Waals surface area contributed by atoms with Gasteiger partial charge < -0.3 is 4.74 Å². The fraction of sp³-hybridized carbons (Fsp3) is 0.167. The second kappa shape index (κ2) is 7.84. The molecular formula is C18H16BrN3O2S. The minimum Gasteiger partial charge on any atom is -0.495 e. The first-order valence-electron chi connectivity index (χ1n) is 7.60. The highest BCUT2D eigenvalue weighted by atomic mass is 79.9. The largest absolute Gasteiger partial charge is 0.495 e. The number of carbonyl (C=O) groups is 1. The molecule has 0 aliphatic heterocycles. The third-order valence-corrected chi connectivity index (χ3v) is 5.23. The van der Waals surface area contributed by atoms with Crippen molar-refractivity contribution in [2.75, 3.05) is 7.11 Å². The number of ether oxygens (including phenoxy) is 1. The van der Waals surface area contributed by atoms with Gasteiger partial charge in [0, 0.05) is 10.0 Å².